The van der Waals surface area contributed by atoms with Gasteiger partial charge in [0, 0.05) is 19.5 Å². The van der Waals surface area contributed by atoms with Crippen LogP contribution in [0, 0.1) is 0 Å². The lowest BCUT2D eigenvalue weighted by molar-refractivity contribution is -0.148. The number of carbonyl (C=O) groups is 4. The van der Waals surface area contributed by atoms with Gasteiger partial charge < -0.3 is 10.1 Å². The fraction of sp³-hybridized carbons (Fsp3) is 0.444. The van der Waals surface area contributed by atoms with Crippen molar-refractivity contribution in [1.82, 2.24) is 10.2 Å². The third kappa shape index (κ3) is 4.89. The van der Waals surface area contributed by atoms with Gasteiger partial charge in [0.05, 0.1) is 11.1 Å². The van der Waals surface area contributed by atoms with E-state index in [4.69, 9.17) is 4.74 Å². The number of nitrogens with zero attached hydrogens (tertiary/aromatic N) is 1. The van der Waals surface area contributed by atoms with Crippen molar-refractivity contribution in [1.29, 1.82) is 0 Å². The molecule has 1 heterocycles. The van der Waals surface area contributed by atoms with Gasteiger partial charge in [-0.25, -0.2) is 0 Å². The number of ether oxygens (including phenoxy) is 1. The van der Waals surface area contributed by atoms with Gasteiger partial charge in [0.25, 0.3) is 17.7 Å². The van der Waals surface area contributed by atoms with Crippen molar-refractivity contribution < 1.29 is 23.9 Å². The largest absolute Gasteiger partial charge is 0.456 e. The molecule has 7 heteroatoms. The third-order valence-electron chi connectivity index (χ3n) is 3.86. The minimum atomic E-state index is -0.526. The van der Waals surface area contributed by atoms with Gasteiger partial charge >= 0.3 is 5.97 Å². The molecule has 1 aromatic carbocycles. The molecule has 1 aliphatic rings. The summed E-state index contributed by atoms with van der Waals surface area (Å²) in [5, 5.41) is 2.65. The molecule has 0 saturated carbocycles. The van der Waals surface area contributed by atoms with Gasteiger partial charge in [-0.15, -0.1) is 0 Å². The van der Waals surface area contributed by atoms with Crippen LogP contribution < -0.4 is 5.32 Å². The number of fused-ring (bicyclic) bond motifs is 1. The van der Waals surface area contributed by atoms with Gasteiger partial charge in [-0.05, 0) is 25.0 Å². The first-order valence-electron chi connectivity index (χ1n) is 8.42. The molecule has 25 heavy (non-hydrogen) atoms. The quantitative estimate of drug-likeness (QED) is 0.416. The molecule has 0 aliphatic carbocycles. The van der Waals surface area contributed by atoms with Crippen LogP contribution in [0.4, 0.5) is 0 Å². The average Bonchev–Trinajstić information content (AvgIpc) is 2.85. The number of amides is 3. The number of nitrogens with one attached hydrogen (secondary N) is 1. The second kappa shape index (κ2) is 8.96. The SMILES string of the molecule is CCCCNC(=O)COC(=O)CCCN1C(=O)c2ccccc2C1=O. The molecule has 0 unspecified atom stereocenters. The van der Waals surface area contributed by atoms with Crippen LogP contribution in [0.5, 0.6) is 0 Å². The molecule has 0 bridgehead atoms. The van der Waals surface area contributed by atoms with E-state index in [9.17, 15) is 19.2 Å². The molecule has 0 spiro atoms. The summed E-state index contributed by atoms with van der Waals surface area (Å²) in [6, 6.07) is 6.63. The zero-order valence-electron chi connectivity index (χ0n) is 14.2. The highest BCUT2D eigenvalue weighted by molar-refractivity contribution is 6.21. The van der Waals surface area contributed by atoms with Crippen LogP contribution in [0.25, 0.3) is 0 Å². The Hall–Kier alpha value is -2.70. The number of rotatable bonds is 9. The Morgan fingerprint density at radius 3 is 2.32 bits per heavy atom. The molecule has 0 saturated heterocycles. The summed E-state index contributed by atoms with van der Waals surface area (Å²) in [4.78, 5) is 48.5. The second-order valence-corrected chi connectivity index (χ2v) is 5.78. The summed E-state index contributed by atoms with van der Waals surface area (Å²) >= 11 is 0. The van der Waals surface area contributed by atoms with Crippen molar-refractivity contribution in [3.05, 3.63) is 35.4 Å². The lowest BCUT2D eigenvalue weighted by Gasteiger charge is -2.13. The first kappa shape index (κ1) is 18.6. The van der Waals surface area contributed by atoms with Crippen molar-refractivity contribution in [3.8, 4) is 0 Å². The topological polar surface area (TPSA) is 92.8 Å². The summed E-state index contributed by atoms with van der Waals surface area (Å²) in [5.74, 6) is -1.54. The van der Waals surface area contributed by atoms with E-state index >= 15 is 0 Å². The van der Waals surface area contributed by atoms with Crippen LogP contribution in [0.2, 0.25) is 0 Å². The lowest BCUT2D eigenvalue weighted by Crippen LogP contribution is -2.31. The number of hydrogen-bond acceptors (Lipinski definition) is 5. The van der Waals surface area contributed by atoms with E-state index in [1.165, 1.54) is 0 Å². The van der Waals surface area contributed by atoms with Gasteiger partial charge in [0.1, 0.15) is 0 Å². The normalized spacial score (nSPS) is 12.9. The molecule has 134 valence electrons. The summed E-state index contributed by atoms with van der Waals surface area (Å²) in [6.45, 7) is 2.41. The highest BCUT2D eigenvalue weighted by atomic mass is 16.5. The number of carbonyl (C=O) groups excluding carboxylic acids is 4. The summed E-state index contributed by atoms with van der Waals surface area (Å²) in [7, 11) is 0. The number of hydrogen-bond donors (Lipinski definition) is 1. The predicted molar refractivity (Wildman–Crippen MR) is 89.9 cm³/mol. The number of imide groups is 1. The molecule has 0 atom stereocenters. The Balaban J connectivity index is 1.69. The highest BCUT2D eigenvalue weighted by Gasteiger charge is 2.34. The van der Waals surface area contributed by atoms with Crippen molar-refractivity contribution in [2.24, 2.45) is 0 Å². The van der Waals surface area contributed by atoms with Crippen molar-refractivity contribution in [3.63, 3.8) is 0 Å². The summed E-state index contributed by atoms with van der Waals surface area (Å²) in [5.41, 5.74) is 0.776. The molecule has 2 rings (SSSR count). The third-order valence-corrected chi connectivity index (χ3v) is 3.86. The lowest BCUT2D eigenvalue weighted by atomic mass is 10.1. The average molecular weight is 346 g/mol. The van der Waals surface area contributed by atoms with Gasteiger partial charge in [0.15, 0.2) is 6.61 Å². The number of benzene rings is 1. The maximum Gasteiger partial charge on any atom is 0.306 e. The van der Waals surface area contributed by atoms with Crippen LogP contribution in [-0.2, 0) is 14.3 Å². The van der Waals surface area contributed by atoms with Gasteiger partial charge in [0.2, 0.25) is 0 Å². The molecular weight excluding hydrogens is 324 g/mol. The Morgan fingerprint density at radius 1 is 1.08 bits per heavy atom. The van der Waals surface area contributed by atoms with Crippen molar-refractivity contribution >= 4 is 23.7 Å². The Kier molecular flexibility index (Phi) is 6.68. The van der Waals surface area contributed by atoms with E-state index in [0.717, 1.165) is 17.7 Å². The van der Waals surface area contributed by atoms with Crippen LogP contribution in [0.3, 0.4) is 0 Å². The fourth-order valence-electron chi connectivity index (χ4n) is 2.50. The van der Waals surface area contributed by atoms with Crippen LogP contribution in [0.1, 0.15) is 53.3 Å². The number of esters is 1. The van der Waals surface area contributed by atoms with E-state index in [1.54, 1.807) is 24.3 Å². The zero-order valence-corrected chi connectivity index (χ0v) is 14.2. The highest BCUT2D eigenvalue weighted by Crippen LogP contribution is 2.22. The first-order chi connectivity index (χ1) is 12.0. The van der Waals surface area contributed by atoms with Crippen LogP contribution in [0.15, 0.2) is 24.3 Å². The second-order valence-electron chi connectivity index (χ2n) is 5.78. The van der Waals surface area contributed by atoms with E-state index in [0.29, 0.717) is 24.1 Å². The Morgan fingerprint density at radius 2 is 1.72 bits per heavy atom. The summed E-state index contributed by atoms with van der Waals surface area (Å²) in [6.07, 6.45) is 2.18. The summed E-state index contributed by atoms with van der Waals surface area (Å²) < 4.78 is 4.88. The van der Waals surface area contributed by atoms with Gasteiger partial charge in [-0.1, -0.05) is 25.5 Å². The van der Waals surface area contributed by atoms with Gasteiger partial charge in [-0.2, -0.15) is 0 Å². The molecule has 0 fully saturated rings. The van der Waals surface area contributed by atoms with Gasteiger partial charge in [-0.3, -0.25) is 24.1 Å². The maximum atomic E-state index is 12.2. The predicted octanol–water partition coefficient (Wildman–Crippen LogP) is 1.52. The van der Waals surface area contributed by atoms with Crippen LogP contribution >= 0.6 is 0 Å². The molecule has 1 N–H and O–H groups in total. The Labute approximate surface area is 146 Å². The molecule has 3 amide bonds. The van der Waals surface area contributed by atoms with Crippen molar-refractivity contribution in [2.45, 2.75) is 32.6 Å². The Bertz CT molecular complexity index is 636. The molecule has 1 aliphatic heterocycles. The number of unbranched alkanes of at least 4 members (excludes halogenated alkanes) is 1. The van der Waals surface area contributed by atoms with Crippen LogP contribution in [-0.4, -0.2) is 48.3 Å². The van der Waals surface area contributed by atoms with E-state index < -0.39 is 5.97 Å². The molecule has 7 nitrogen and oxygen atoms in total. The minimum Gasteiger partial charge on any atom is -0.456 e. The van der Waals surface area contributed by atoms with Crippen molar-refractivity contribution in [2.75, 3.05) is 19.7 Å². The van der Waals surface area contributed by atoms with E-state index in [2.05, 4.69) is 5.32 Å². The molecule has 0 radical (unpaired) electrons. The van der Waals surface area contributed by atoms with E-state index in [-0.39, 0.29) is 37.3 Å². The smallest absolute Gasteiger partial charge is 0.306 e. The first-order valence-corrected chi connectivity index (χ1v) is 8.42. The molecule has 0 aromatic heterocycles. The minimum absolute atomic E-state index is 0.0373. The molecular formula is C18H22N2O5. The van der Waals surface area contributed by atoms with E-state index in [1.807, 2.05) is 6.92 Å². The zero-order chi connectivity index (χ0) is 18.2. The molecule has 1 aromatic rings. The maximum absolute atomic E-state index is 12.2. The monoisotopic (exact) mass is 346 g/mol. The standard InChI is InChI=1S/C18H22N2O5/c1-2-3-10-19-15(21)12-25-16(22)9-6-11-20-17(23)13-7-4-5-8-14(13)18(20)24/h4-5,7-8H,2-3,6,9-12H2,1H3,(H,19,21). The fourth-order valence-corrected chi connectivity index (χ4v) is 2.50.